The van der Waals surface area contributed by atoms with Crippen LogP contribution < -0.4 is 0 Å². The fourth-order valence-corrected chi connectivity index (χ4v) is 1.36. The molecule has 1 aromatic carbocycles. The molecule has 1 nitrogen and oxygen atoms in total. The van der Waals surface area contributed by atoms with Crippen LogP contribution in [0.25, 0.3) is 0 Å². The SMILES string of the molecule is CC(C)C1=Nc2ccccc21. The molecule has 0 saturated heterocycles. The quantitative estimate of drug-likeness (QED) is 0.576. The molecule has 0 saturated carbocycles. The van der Waals surface area contributed by atoms with Gasteiger partial charge in [-0.2, -0.15) is 0 Å². The molecule has 0 N–H and O–H groups in total. The third-order valence-corrected chi connectivity index (χ3v) is 1.97. The number of nitrogens with zero attached hydrogens (tertiary/aromatic N) is 1. The highest BCUT2D eigenvalue weighted by Gasteiger charge is 2.19. The fraction of sp³-hybridized carbons (Fsp3) is 0.300. The summed E-state index contributed by atoms with van der Waals surface area (Å²) in [6.07, 6.45) is 0. The highest BCUT2D eigenvalue weighted by Crippen LogP contribution is 2.31. The molecule has 0 aromatic heterocycles. The first-order valence-electron chi connectivity index (χ1n) is 3.97. The van der Waals surface area contributed by atoms with Gasteiger partial charge in [-0.1, -0.05) is 32.0 Å². The third-order valence-electron chi connectivity index (χ3n) is 1.97. The largest absolute Gasteiger partial charge is 0.252 e. The Hall–Kier alpha value is -1.11. The van der Waals surface area contributed by atoms with Gasteiger partial charge in [0.05, 0.1) is 11.4 Å². The molecule has 0 unspecified atom stereocenters. The summed E-state index contributed by atoms with van der Waals surface area (Å²) in [4.78, 5) is 4.40. The second kappa shape index (κ2) is 2.19. The monoisotopic (exact) mass is 145 g/mol. The van der Waals surface area contributed by atoms with Crippen molar-refractivity contribution < 1.29 is 0 Å². The summed E-state index contributed by atoms with van der Waals surface area (Å²) >= 11 is 0. The summed E-state index contributed by atoms with van der Waals surface area (Å²) in [5, 5.41) is 0. The first kappa shape index (κ1) is 6.59. The van der Waals surface area contributed by atoms with Crippen molar-refractivity contribution in [1.29, 1.82) is 0 Å². The van der Waals surface area contributed by atoms with Crippen molar-refractivity contribution in [3.8, 4) is 0 Å². The lowest BCUT2D eigenvalue weighted by molar-refractivity contribution is 0.876. The van der Waals surface area contributed by atoms with Crippen LogP contribution in [0.3, 0.4) is 0 Å². The molecule has 1 heteroatoms. The Balaban J connectivity index is 2.38. The standard InChI is InChI=1S/C10H11N/c1-7(2)10-8-5-3-4-6-9(8)11-10/h3-7H,1-2H3. The van der Waals surface area contributed by atoms with Gasteiger partial charge >= 0.3 is 0 Å². The van der Waals surface area contributed by atoms with Gasteiger partial charge in [-0.25, -0.2) is 0 Å². The topological polar surface area (TPSA) is 12.4 Å². The summed E-state index contributed by atoms with van der Waals surface area (Å²) in [6, 6.07) is 8.29. The zero-order valence-corrected chi connectivity index (χ0v) is 6.83. The van der Waals surface area contributed by atoms with Crippen molar-refractivity contribution in [3.05, 3.63) is 29.8 Å². The maximum atomic E-state index is 4.40. The first-order valence-corrected chi connectivity index (χ1v) is 3.97. The molecule has 0 aliphatic carbocycles. The number of para-hydroxylation sites is 1. The molecule has 1 heterocycles. The maximum Gasteiger partial charge on any atom is 0.0724 e. The predicted octanol–water partition coefficient (Wildman–Crippen LogP) is 2.78. The van der Waals surface area contributed by atoms with Crippen molar-refractivity contribution in [2.24, 2.45) is 10.9 Å². The van der Waals surface area contributed by atoms with Crippen LogP contribution in [0.15, 0.2) is 29.3 Å². The molecule has 0 radical (unpaired) electrons. The minimum Gasteiger partial charge on any atom is -0.252 e. The van der Waals surface area contributed by atoms with E-state index in [0.717, 1.165) is 5.69 Å². The lowest BCUT2D eigenvalue weighted by Gasteiger charge is -2.20. The van der Waals surface area contributed by atoms with Crippen LogP contribution in [-0.4, -0.2) is 5.71 Å². The number of benzene rings is 1. The van der Waals surface area contributed by atoms with E-state index >= 15 is 0 Å². The highest BCUT2D eigenvalue weighted by atomic mass is 14.8. The van der Waals surface area contributed by atoms with Crippen LogP contribution in [0.1, 0.15) is 19.4 Å². The summed E-state index contributed by atoms with van der Waals surface area (Å²) in [7, 11) is 0. The molecule has 0 atom stereocenters. The number of hydrogen-bond acceptors (Lipinski definition) is 1. The van der Waals surface area contributed by atoms with E-state index in [-0.39, 0.29) is 0 Å². The first-order chi connectivity index (χ1) is 5.29. The van der Waals surface area contributed by atoms with E-state index in [1.807, 2.05) is 6.07 Å². The smallest absolute Gasteiger partial charge is 0.0724 e. The zero-order valence-electron chi connectivity index (χ0n) is 6.83. The van der Waals surface area contributed by atoms with Gasteiger partial charge in [-0.3, -0.25) is 4.99 Å². The van der Waals surface area contributed by atoms with Crippen molar-refractivity contribution >= 4 is 11.4 Å². The van der Waals surface area contributed by atoms with Gasteiger partial charge in [-0.05, 0) is 12.0 Å². The van der Waals surface area contributed by atoms with E-state index in [1.54, 1.807) is 0 Å². The van der Waals surface area contributed by atoms with Gasteiger partial charge in [0, 0.05) is 5.56 Å². The summed E-state index contributed by atoms with van der Waals surface area (Å²) in [5.41, 5.74) is 3.74. The van der Waals surface area contributed by atoms with Gasteiger partial charge < -0.3 is 0 Å². The van der Waals surface area contributed by atoms with Crippen molar-refractivity contribution in [3.63, 3.8) is 0 Å². The Kier molecular flexibility index (Phi) is 1.31. The van der Waals surface area contributed by atoms with Crippen LogP contribution in [0.5, 0.6) is 0 Å². The molecule has 2 rings (SSSR count). The van der Waals surface area contributed by atoms with E-state index in [4.69, 9.17) is 0 Å². The Morgan fingerprint density at radius 1 is 1.18 bits per heavy atom. The molecule has 0 amide bonds. The average molecular weight is 145 g/mol. The third kappa shape index (κ3) is 0.881. The molecular weight excluding hydrogens is 134 g/mol. The molecule has 0 fully saturated rings. The molecule has 56 valence electrons. The summed E-state index contributed by atoms with van der Waals surface area (Å²) < 4.78 is 0. The minimum atomic E-state index is 0.560. The van der Waals surface area contributed by atoms with E-state index in [2.05, 4.69) is 37.0 Å². The lowest BCUT2D eigenvalue weighted by atomic mass is 9.94. The molecule has 11 heavy (non-hydrogen) atoms. The van der Waals surface area contributed by atoms with E-state index in [9.17, 15) is 0 Å². The maximum absolute atomic E-state index is 4.40. The Bertz CT molecular complexity index is 310. The number of aliphatic imine (C=N–C) groups is 1. The number of rotatable bonds is 1. The second-order valence-electron chi connectivity index (χ2n) is 3.17. The molecule has 0 bridgehead atoms. The van der Waals surface area contributed by atoms with Gasteiger partial charge in [0.2, 0.25) is 0 Å². The number of hydrogen-bond donors (Lipinski definition) is 0. The van der Waals surface area contributed by atoms with Crippen molar-refractivity contribution in [1.82, 2.24) is 0 Å². The fourth-order valence-electron chi connectivity index (χ4n) is 1.36. The predicted molar refractivity (Wildman–Crippen MR) is 47.5 cm³/mol. The van der Waals surface area contributed by atoms with E-state index in [1.165, 1.54) is 11.3 Å². The Labute approximate surface area is 66.8 Å². The zero-order chi connectivity index (χ0) is 7.84. The number of fused-ring (bicyclic) bond motifs is 1. The Morgan fingerprint density at radius 2 is 1.91 bits per heavy atom. The van der Waals surface area contributed by atoms with Crippen LogP contribution in [0.4, 0.5) is 5.69 Å². The normalized spacial score (nSPS) is 13.9. The average Bonchev–Trinajstić information content (AvgIpc) is 1.90. The van der Waals surface area contributed by atoms with E-state index in [0.29, 0.717) is 5.92 Å². The summed E-state index contributed by atoms with van der Waals surface area (Å²) in [5.74, 6) is 0.560. The molecular formula is C10H11N. The molecule has 1 aromatic rings. The molecule has 1 aliphatic heterocycles. The summed E-state index contributed by atoms with van der Waals surface area (Å²) in [6.45, 7) is 4.35. The highest BCUT2D eigenvalue weighted by molar-refractivity contribution is 6.13. The molecule has 0 spiro atoms. The second-order valence-corrected chi connectivity index (χ2v) is 3.17. The van der Waals surface area contributed by atoms with Crippen molar-refractivity contribution in [2.45, 2.75) is 13.8 Å². The van der Waals surface area contributed by atoms with Crippen LogP contribution in [-0.2, 0) is 0 Å². The van der Waals surface area contributed by atoms with Crippen LogP contribution in [0.2, 0.25) is 0 Å². The lowest BCUT2D eigenvalue weighted by Crippen LogP contribution is -2.15. The molecule has 1 aliphatic rings. The van der Waals surface area contributed by atoms with Gasteiger partial charge in [0.15, 0.2) is 0 Å². The van der Waals surface area contributed by atoms with Crippen LogP contribution >= 0.6 is 0 Å². The van der Waals surface area contributed by atoms with Gasteiger partial charge in [0.25, 0.3) is 0 Å². The van der Waals surface area contributed by atoms with Gasteiger partial charge in [-0.15, -0.1) is 0 Å². The van der Waals surface area contributed by atoms with Crippen LogP contribution in [0, 0.1) is 5.92 Å². The van der Waals surface area contributed by atoms with E-state index < -0.39 is 0 Å². The minimum absolute atomic E-state index is 0.560. The van der Waals surface area contributed by atoms with Crippen molar-refractivity contribution in [2.75, 3.05) is 0 Å². The van der Waals surface area contributed by atoms with Gasteiger partial charge in [0.1, 0.15) is 0 Å². The Morgan fingerprint density at radius 3 is 2.55 bits per heavy atom.